The number of hydrogen-bond acceptors (Lipinski definition) is 6. The third kappa shape index (κ3) is 4.14. The second-order valence-corrected chi connectivity index (χ2v) is 7.29. The molecule has 0 unspecified atom stereocenters. The van der Waals surface area contributed by atoms with Crippen molar-refractivity contribution >= 4 is 10.9 Å². The molecule has 2 heterocycles. The van der Waals surface area contributed by atoms with E-state index in [1.807, 2.05) is 0 Å². The van der Waals surface area contributed by atoms with Crippen LogP contribution in [0.3, 0.4) is 0 Å². The minimum Gasteiger partial charge on any atom is -0.423 e. The molecule has 1 aliphatic carbocycles. The molecule has 5 rings (SSSR count). The summed E-state index contributed by atoms with van der Waals surface area (Å²) in [7, 11) is 0. The Morgan fingerprint density at radius 2 is 1.81 bits per heavy atom. The van der Waals surface area contributed by atoms with Crippen molar-refractivity contribution in [3.63, 3.8) is 0 Å². The number of halogens is 3. The van der Waals surface area contributed by atoms with Gasteiger partial charge in [-0.05, 0) is 48.2 Å². The van der Waals surface area contributed by atoms with E-state index in [2.05, 4.69) is 19.9 Å². The van der Waals surface area contributed by atoms with E-state index in [1.54, 1.807) is 18.2 Å². The second-order valence-electron chi connectivity index (χ2n) is 7.29. The lowest BCUT2D eigenvalue weighted by Gasteiger charge is -2.10. The number of ether oxygens (including phenoxy) is 1. The van der Waals surface area contributed by atoms with Crippen molar-refractivity contribution in [3.05, 3.63) is 70.9 Å². The molecule has 1 aliphatic rings. The molecule has 0 radical (unpaired) electrons. The maximum Gasteiger partial charge on any atom is 0.573 e. The van der Waals surface area contributed by atoms with Gasteiger partial charge in [0.15, 0.2) is 0 Å². The Morgan fingerprint density at radius 1 is 1.06 bits per heavy atom. The van der Waals surface area contributed by atoms with E-state index >= 15 is 0 Å². The van der Waals surface area contributed by atoms with E-state index in [0.29, 0.717) is 39.7 Å². The van der Waals surface area contributed by atoms with Crippen molar-refractivity contribution < 1.29 is 22.3 Å². The molecule has 2 aromatic heterocycles. The average molecular weight is 428 g/mol. The zero-order chi connectivity index (χ0) is 21.6. The van der Waals surface area contributed by atoms with Gasteiger partial charge in [-0.25, -0.2) is 4.98 Å². The summed E-state index contributed by atoms with van der Waals surface area (Å²) in [6.07, 6.45) is -1.26. The minimum absolute atomic E-state index is 0.106. The lowest BCUT2D eigenvalue weighted by Crippen LogP contribution is -2.21. The van der Waals surface area contributed by atoms with Crippen LogP contribution in [0.25, 0.3) is 22.0 Å². The van der Waals surface area contributed by atoms with Gasteiger partial charge in [0.1, 0.15) is 12.3 Å². The molecule has 0 bridgehead atoms. The SMILES string of the molecule is O=c1c2cc(-c3ccc(OC(F)(F)F)cc3)ccc2ncn1Cc1nnc(C2CC2)o1. The Hall–Kier alpha value is -3.69. The third-order valence-corrected chi connectivity index (χ3v) is 4.96. The highest BCUT2D eigenvalue weighted by molar-refractivity contribution is 5.83. The van der Waals surface area contributed by atoms with E-state index in [4.69, 9.17) is 4.42 Å². The van der Waals surface area contributed by atoms with Crippen LogP contribution in [-0.4, -0.2) is 26.1 Å². The quantitative estimate of drug-likeness (QED) is 0.472. The molecule has 7 nitrogen and oxygen atoms in total. The summed E-state index contributed by atoms with van der Waals surface area (Å²) in [5.41, 5.74) is 1.52. The summed E-state index contributed by atoms with van der Waals surface area (Å²) in [6, 6.07) is 10.5. The van der Waals surface area contributed by atoms with Crippen LogP contribution in [-0.2, 0) is 6.54 Å². The van der Waals surface area contributed by atoms with Gasteiger partial charge in [-0.1, -0.05) is 18.2 Å². The van der Waals surface area contributed by atoms with Gasteiger partial charge < -0.3 is 9.15 Å². The number of alkyl halides is 3. The highest BCUT2D eigenvalue weighted by atomic mass is 19.4. The van der Waals surface area contributed by atoms with Gasteiger partial charge in [-0.3, -0.25) is 9.36 Å². The maximum absolute atomic E-state index is 13.0. The predicted octanol–water partition coefficient (Wildman–Crippen LogP) is 4.27. The summed E-state index contributed by atoms with van der Waals surface area (Å²) < 4.78 is 47.9. The van der Waals surface area contributed by atoms with Gasteiger partial charge in [0.2, 0.25) is 11.8 Å². The lowest BCUT2D eigenvalue weighted by molar-refractivity contribution is -0.274. The van der Waals surface area contributed by atoms with E-state index < -0.39 is 6.36 Å². The molecule has 1 saturated carbocycles. The Bertz CT molecular complexity index is 1310. The molecule has 0 amide bonds. The Labute approximate surface area is 173 Å². The second kappa shape index (κ2) is 7.22. The van der Waals surface area contributed by atoms with E-state index in [-0.39, 0.29) is 17.9 Å². The summed E-state index contributed by atoms with van der Waals surface area (Å²) in [5.74, 6) is 0.938. The smallest absolute Gasteiger partial charge is 0.423 e. The van der Waals surface area contributed by atoms with Crippen LogP contribution in [0.5, 0.6) is 5.75 Å². The summed E-state index contributed by atoms with van der Waals surface area (Å²) >= 11 is 0. The van der Waals surface area contributed by atoms with Crippen LogP contribution in [0.1, 0.15) is 30.5 Å². The third-order valence-electron chi connectivity index (χ3n) is 4.96. The molecule has 31 heavy (non-hydrogen) atoms. The largest absolute Gasteiger partial charge is 0.573 e. The zero-order valence-electron chi connectivity index (χ0n) is 16.0. The van der Waals surface area contributed by atoms with Gasteiger partial charge in [-0.15, -0.1) is 23.4 Å². The summed E-state index contributed by atoms with van der Waals surface area (Å²) in [4.78, 5) is 17.3. The van der Waals surface area contributed by atoms with E-state index in [9.17, 15) is 18.0 Å². The molecule has 4 aromatic rings. The molecule has 0 N–H and O–H groups in total. The van der Waals surface area contributed by atoms with Crippen LogP contribution in [0, 0.1) is 0 Å². The first-order valence-corrected chi connectivity index (χ1v) is 9.53. The number of nitrogens with zero attached hydrogens (tertiary/aromatic N) is 4. The molecule has 0 spiro atoms. The van der Waals surface area contributed by atoms with Crippen molar-refractivity contribution in [1.29, 1.82) is 0 Å². The molecule has 2 aromatic carbocycles. The highest BCUT2D eigenvalue weighted by Gasteiger charge is 2.31. The highest BCUT2D eigenvalue weighted by Crippen LogP contribution is 2.39. The predicted molar refractivity (Wildman–Crippen MR) is 103 cm³/mol. The Balaban J connectivity index is 1.44. The molecule has 1 fully saturated rings. The van der Waals surface area contributed by atoms with Gasteiger partial charge in [0.25, 0.3) is 5.56 Å². The fourth-order valence-corrected chi connectivity index (χ4v) is 3.27. The standard InChI is InChI=1S/C21H15F3N4O3/c22-21(23,24)31-15-6-3-12(4-7-15)14-5-8-17-16(9-14)20(29)28(11-25-17)10-18-26-27-19(30-18)13-1-2-13/h3-9,11,13H,1-2,10H2. The Kier molecular flexibility index (Phi) is 4.49. The monoisotopic (exact) mass is 428 g/mol. The average Bonchev–Trinajstić information content (AvgIpc) is 3.48. The number of fused-ring (bicyclic) bond motifs is 1. The number of hydrogen-bond donors (Lipinski definition) is 0. The first kappa shape index (κ1) is 19.3. The maximum atomic E-state index is 13.0. The van der Waals surface area contributed by atoms with E-state index in [0.717, 1.165) is 12.8 Å². The van der Waals surface area contributed by atoms with Gasteiger partial charge in [-0.2, -0.15) is 0 Å². The number of aromatic nitrogens is 4. The topological polar surface area (TPSA) is 83.0 Å². The minimum atomic E-state index is -4.75. The van der Waals surface area contributed by atoms with Crippen LogP contribution in [0.15, 0.2) is 58.0 Å². The van der Waals surface area contributed by atoms with Crippen molar-refractivity contribution in [1.82, 2.24) is 19.7 Å². The molecular weight excluding hydrogens is 413 g/mol. The number of rotatable bonds is 5. The van der Waals surface area contributed by atoms with Crippen LogP contribution < -0.4 is 10.3 Å². The molecule has 0 atom stereocenters. The number of benzene rings is 2. The first-order chi connectivity index (χ1) is 14.9. The summed E-state index contributed by atoms with van der Waals surface area (Å²) in [6.45, 7) is 0.106. The molecule has 0 aliphatic heterocycles. The molecule has 0 saturated heterocycles. The van der Waals surface area contributed by atoms with Gasteiger partial charge in [0, 0.05) is 5.92 Å². The van der Waals surface area contributed by atoms with Crippen molar-refractivity contribution in [2.75, 3.05) is 0 Å². The van der Waals surface area contributed by atoms with Crippen LogP contribution in [0.4, 0.5) is 13.2 Å². The normalized spacial score (nSPS) is 14.2. The summed E-state index contributed by atoms with van der Waals surface area (Å²) in [5, 5.41) is 8.39. The van der Waals surface area contributed by atoms with Crippen LogP contribution >= 0.6 is 0 Å². The first-order valence-electron chi connectivity index (χ1n) is 9.53. The van der Waals surface area contributed by atoms with Crippen molar-refractivity contribution in [2.45, 2.75) is 31.7 Å². The van der Waals surface area contributed by atoms with Crippen molar-refractivity contribution in [2.24, 2.45) is 0 Å². The van der Waals surface area contributed by atoms with E-state index in [1.165, 1.54) is 35.2 Å². The van der Waals surface area contributed by atoms with Gasteiger partial charge >= 0.3 is 6.36 Å². The lowest BCUT2D eigenvalue weighted by atomic mass is 10.0. The molecule has 10 heteroatoms. The van der Waals surface area contributed by atoms with Gasteiger partial charge in [0.05, 0.1) is 17.2 Å². The molecule has 158 valence electrons. The molecular formula is C21H15F3N4O3. The van der Waals surface area contributed by atoms with Crippen LogP contribution in [0.2, 0.25) is 0 Å². The Morgan fingerprint density at radius 3 is 2.52 bits per heavy atom. The zero-order valence-corrected chi connectivity index (χ0v) is 16.0. The fraction of sp³-hybridized carbons (Fsp3) is 0.238. The van der Waals surface area contributed by atoms with Crippen molar-refractivity contribution in [3.8, 4) is 16.9 Å². The fourth-order valence-electron chi connectivity index (χ4n) is 3.27.